The first-order valence-electron chi connectivity index (χ1n) is 5.36. The number of amides is 1. The molecule has 0 aliphatic carbocycles. The van der Waals surface area contributed by atoms with Crippen LogP contribution in [0.5, 0.6) is 0 Å². The van der Waals surface area contributed by atoms with E-state index in [1.54, 1.807) is 6.92 Å². The first-order chi connectivity index (χ1) is 6.07. The Hall–Kier alpha value is -0.313. The molecule has 0 rings (SSSR count). The predicted octanol–water partition coefficient (Wildman–Crippen LogP) is 2.86. The van der Waals surface area contributed by atoms with Crippen LogP contribution in [0.15, 0.2) is 0 Å². The van der Waals surface area contributed by atoms with E-state index in [2.05, 4.69) is 32.3 Å². The molecule has 0 atom stereocenters. The lowest BCUT2D eigenvalue weighted by atomic mass is 10.6. The molecule has 0 heterocycles. The molecule has 0 bridgehead atoms. The van der Waals surface area contributed by atoms with Crippen molar-refractivity contribution in [2.24, 2.45) is 0 Å². The van der Waals surface area contributed by atoms with Crippen LogP contribution in [0.4, 0.5) is 0 Å². The molecule has 0 saturated heterocycles. The Balaban J connectivity index is 4.76. The average Bonchev–Trinajstić information content (AvgIpc) is 2.13. The van der Waals surface area contributed by atoms with Gasteiger partial charge < -0.3 is 4.57 Å². The molecule has 2 nitrogen and oxygen atoms in total. The lowest BCUT2D eigenvalue weighted by molar-refractivity contribution is -0.124. The first-order valence-corrected chi connectivity index (χ1v) is 7.93. The first kappa shape index (κ1) is 12.7. The molecule has 0 saturated carbocycles. The molecule has 78 valence electrons. The topological polar surface area (TPSA) is 20.3 Å². The Kier molecular flexibility index (Phi) is 5.29. The molecule has 0 fully saturated rings. The van der Waals surface area contributed by atoms with Gasteiger partial charge in [-0.1, -0.05) is 20.8 Å². The van der Waals surface area contributed by atoms with Crippen molar-refractivity contribution in [3.63, 3.8) is 0 Å². The zero-order valence-corrected chi connectivity index (χ0v) is 10.7. The van der Waals surface area contributed by atoms with Crippen LogP contribution in [0.25, 0.3) is 0 Å². The van der Waals surface area contributed by atoms with Crippen molar-refractivity contribution in [2.45, 2.75) is 52.8 Å². The van der Waals surface area contributed by atoms with Crippen molar-refractivity contribution >= 4 is 14.1 Å². The number of hydrogen-bond donors (Lipinski definition) is 0. The van der Waals surface area contributed by atoms with Gasteiger partial charge in [0.2, 0.25) is 5.91 Å². The molecule has 0 spiro atoms. The molecule has 0 aromatic carbocycles. The van der Waals surface area contributed by atoms with Gasteiger partial charge in [-0.05, 0) is 25.1 Å². The molecule has 0 aromatic heterocycles. The van der Waals surface area contributed by atoms with E-state index in [-0.39, 0.29) is 5.91 Å². The van der Waals surface area contributed by atoms with Gasteiger partial charge in [-0.2, -0.15) is 0 Å². The summed E-state index contributed by atoms with van der Waals surface area (Å²) >= 11 is 0. The van der Waals surface area contributed by atoms with E-state index in [1.165, 1.54) is 18.1 Å². The number of nitrogens with zero attached hydrogens (tertiary/aromatic N) is 1. The summed E-state index contributed by atoms with van der Waals surface area (Å²) in [4.78, 5) is 11.5. The van der Waals surface area contributed by atoms with Crippen LogP contribution in [-0.2, 0) is 4.79 Å². The van der Waals surface area contributed by atoms with Crippen LogP contribution in [0, 0.1) is 0 Å². The van der Waals surface area contributed by atoms with Gasteiger partial charge in [-0.25, -0.2) is 0 Å². The number of rotatable bonds is 5. The summed E-state index contributed by atoms with van der Waals surface area (Å²) in [6.07, 6.45) is 0. The minimum Gasteiger partial charge on any atom is -0.370 e. The van der Waals surface area contributed by atoms with Crippen molar-refractivity contribution in [2.75, 3.05) is 6.54 Å². The van der Waals surface area contributed by atoms with Crippen LogP contribution < -0.4 is 0 Å². The van der Waals surface area contributed by atoms with E-state index in [0.717, 1.165) is 6.54 Å². The molecule has 0 radical (unpaired) electrons. The van der Waals surface area contributed by atoms with Gasteiger partial charge >= 0.3 is 0 Å². The fourth-order valence-corrected chi connectivity index (χ4v) is 6.20. The van der Waals surface area contributed by atoms with Crippen molar-refractivity contribution < 1.29 is 4.79 Å². The van der Waals surface area contributed by atoms with E-state index < -0.39 is 8.24 Å². The normalized spacial score (nSPS) is 11.5. The molecular formula is C10H23NOSi. The van der Waals surface area contributed by atoms with Gasteiger partial charge in [0.1, 0.15) is 0 Å². The summed E-state index contributed by atoms with van der Waals surface area (Å²) in [5.74, 6) is 0.264. The summed E-state index contributed by atoms with van der Waals surface area (Å²) < 4.78 is 2.15. The van der Waals surface area contributed by atoms with Crippen LogP contribution in [-0.4, -0.2) is 25.3 Å². The molecular weight excluding hydrogens is 178 g/mol. The summed E-state index contributed by atoms with van der Waals surface area (Å²) in [5, 5.41) is 0. The maximum Gasteiger partial charge on any atom is 0.211 e. The highest BCUT2D eigenvalue weighted by atomic mass is 28.3. The quantitative estimate of drug-likeness (QED) is 0.626. The zero-order chi connectivity index (χ0) is 10.5. The third kappa shape index (κ3) is 2.56. The molecule has 0 aliphatic rings. The molecule has 3 heteroatoms. The minimum atomic E-state index is -1.43. The second kappa shape index (κ2) is 5.42. The minimum absolute atomic E-state index is 0.264. The summed E-state index contributed by atoms with van der Waals surface area (Å²) in [7, 11) is -1.43. The number of carbonyl (C=O) groups is 1. The van der Waals surface area contributed by atoms with Crippen molar-refractivity contribution in [3.8, 4) is 0 Å². The van der Waals surface area contributed by atoms with Crippen molar-refractivity contribution in [1.29, 1.82) is 0 Å². The highest BCUT2D eigenvalue weighted by molar-refractivity contribution is 6.78. The predicted molar refractivity (Wildman–Crippen MR) is 60.3 cm³/mol. The third-order valence-corrected chi connectivity index (χ3v) is 8.97. The van der Waals surface area contributed by atoms with Gasteiger partial charge in [0.25, 0.3) is 0 Å². The fraction of sp³-hybridized carbons (Fsp3) is 0.900. The lowest BCUT2D eigenvalue weighted by Crippen LogP contribution is -2.54. The molecule has 0 N–H and O–H groups in total. The van der Waals surface area contributed by atoms with Crippen molar-refractivity contribution in [1.82, 2.24) is 4.57 Å². The Bertz CT molecular complexity index is 158. The maximum absolute atomic E-state index is 11.5. The van der Waals surface area contributed by atoms with Gasteiger partial charge in [0, 0.05) is 13.5 Å². The molecule has 13 heavy (non-hydrogen) atoms. The maximum atomic E-state index is 11.5. The Morgan fingerprint density at radius 2 is 1.46 bits per heavy atom. The second-order valence-corrected chi connectivity index (χ2v) is 8.66. The van der Waals surface area contributed by atoms with Gasteiger partial charge in [0.15, 0.2) is 8.24 Å². The fourth-order valence-electron chi connectivity index (χ4n) is 2.21. The van der Waals surface area contributed by atoms with Gasteiger partial charge in [0.05, 0.1) is 0 Å². The molecule has 1 amide bonds. The van der Waals surface area contributed by atoms with E-state index in [0.29, 0.717) is 0 Å². The summed E-state index contributed by atoms with van der Waals surface area (Å²) in [6, 6.07) is 3.56. The van der Waals surface area contributed by atoms with Gasteiger partial charge in [-0.3, -0.25) is 4.79 Å². The monoisotopic (exact) mass is 201 g/mol. The van der Waals surface area contributed by atoms with E-state index >= 15 is 0 Å². The van der Waals surface area contributed by atoms with Crippen LogP contribution in [0.3, 0.4) is 0 Å². The summed E-state index contributed by atoms with van der Waals surface area (Å²) in [5.41, 5.74) is 0. The molecule has 0 unspecified atom stereocenters. The van der Waals surface area contributed by atoms with Crippen LogP contribution in [0.1, 0.15) is 34.6 Å². The Morgan fingerprint density at radius 3 is 1.54 bits per heavy atom. The molecule has 0 aliphatic heterocycles. The molecule has 0 aromatic rings. The summed E-state index contributed by atoms with van der Waals surface area (Å²) in [6.45, 7) is 11.4. The van der Waals surface area contributed by atoms with Crippen molar-refractivity contribution in [3.05, 3.63) is 0 Å². The van der Waals surface area contributed by atoms with Crippen LogP contribution >= 0.6 is 0 Å². The third-order valence-electron chi connectivity index (χ3n) is 3.24. The zero-order valence-electron chi connectivity index (χ0n) is 9.68. The number of hydrogen-bond acceptors (Lipinski definition) is 1. The van der Waals surface area contributed by atoms with Crippen LogP contribution in [0.2, 0.25) is 18.1 Å². The Labute approximate surface area is 83.4 Å². The standard InChI is InChI=1S/C10H23NOSi/c1-6-11(10(5)12)13(7-2,8-3)9-4/h6-9H2,1-5H3. The smallest absolute Gasteiger partial charge is 0.211 e. The SMILES string of the molecule is CCN(C(C)=O)[Si](CC)(CC)CC. The largest absolute Gasteiger partial charge is 0.370 e. The average molecular weight is 201 g/mol. The number of carbonyl (C=O) groups excluding carboxylic acids is 1. The highest BCUT2D eigenvalue weighted by Crippen LogP contribution is 2.24. The van der Waals surface area contributed by atoms with E-state index in [1.807, 2.05) is 0 Å². The van der Waals surface area contributed by atoms with E-state index in [4.69, 9.17) is 0 Å². The van der Waals surface area contributed by atoms with E-state index in [9.17, 15) is 4.79 Å². The lowest BCUT2D eigenvalue weighted by Gasteiger charge is -2.39. The second-order valence-electron chi connectivity index (χ2n) is 3.55. The Morgan fingerprint density at radius 1 is 1.08 bits per heavy atom. The van der Waals surface area contributed by atoms with Gasteiger partial charge in [-0.15, -0.1) is 0 Å². The highest BCUT2D eigenvalue weighted by Gasteiger charge is 2.35.